The minimum atomic E-state index is -3.02. The van der Waals surface area contributed by atoms with Gasteiger partial charge in [-0.05, 0) is 18.6 Å². The maximum Gasteiger partial charge on any atom is 0.150 e. The van der Waals surface area contributed by atoms with Crippen molar-refractivity contribution >= 4 is 21.4 Å². The average molecular weight is 291 g/mol. The van der Waals surface area contributed by atoms with Gasteiger partial charge < -0.3 is 9.84 Å². The predicted molar refractivity (Wildman–Crippen MR) is 69.7 cm³/mol. The van der Waals surface area contributed by atoms with E-state index in [1.807, 2.05) is 0 Å². The highest BCUT2D eigenvalue weighted by atomic mass is 35.5. The number of benzene rings is 1. The molecule has 0 bridgehead atoms. The Morgan fingerprint density at radius 3 is 2.78 bits per heavy atom. The van der Waals surface area contributed by atoms with Gasteiger partial charge in [0.1, 0.15) is 5.75 Å². The van der Waals surface area contributed by atoms with Crippen LogP contribution in [0.4, 0.5) is 0 Å². The minimum absolute atomic E-state index is 0.00252. The third kappa shape index (κ3) is 2.63. The van der Waals surface area contributed by atoms with Crippen LogP contribution in [-0.4, -0.2) is 32.1 Å². The first-order valence-corrected chi connectivity index (χ1v) is 7.85. The van der Waals surface area contributed by atoms with Gasteiger partial charge in [0.2, 0.25) is 0 Å². The molecule has 2 atom stereocenters. The largest absolute Gasteiger partial charge is 0.496 e. The van der Waals surface area contributed by atoms with Crippen molar-refractivity contribution < 1.29 is 18.3 Å². The van der Waals surface area contributed by atoms with Gasteiger partial charge in [-0.3, -0.25) is 0 Å². The lowest BCUT2D eigenvalue weighted by Gasteiger charge is -2.20. The van der Waals surface area contributed by atoms with Crippen molar-refractivity contribution in [3.05, 3.63) is 28.8 Å². The summed E-state index contributed by atoms with van der Waals surface area (Å²) in [6, 6.07) is 5.09. The fourth-order valence-electron chi connectivity index (χ4n) is 2.29. The molecule has 100 valence electrons. The van der Waals surface area contributed by atoms with Crippen molar-refractivity contribution in [2.24, 2.45) is 5.92 Å². The number of hydrogen-bond donors (Lipinski definition) is 1. The molecule has 1 fully saturated rings. The highest BCUT2D eigenvalue weighted by molar-refractivity contribution is 7.91. The molecular formula is C12H15ClO4S. The molecule has 0 aromatic heterocycles. The van der Waals surface area contributed by atoms with Crippen LogP contribution in [0.5, 0.6) is 5.75 Å². The fraction of sp³-hybridized carbons (Fsp3) is 0.500. The van der Waals surface area contributed by atoms with Crippen molar-refractivity contribution in [1.82, 2.24) is 0 Å². The number of ether oxygens (including phenoxy) is 1. The van der Waals surface area contributed by atoms with Crippen LogP contribution < -0.4 is 4.74 Å². The van der Waals surface area contributed by atoms with Gasteiger partial charge in [-0.15, -0.1) is 0 Å². The maximum absolute atomic E-state index is 11.4. The summed E-state index contributed by atoms with van der Waals surface area (Å²) in [5.74, 6) is 0.299. The Morgan fingerprint density at radius 2 is 2.22 bits per heavy atom. The van der Waals surface area contributed by atoms with Gasteiger partial charge >= 0.3 is 0 Å². The van der Waals surface area contributed by atoms with Crippen molar-refractivity contribution in [1.29, 1.82) is 0 Å². The SMILES string of the molecule is COc1cccc(Cl)c1C(O)C1CCS(=O)(=O)C1. The summed E-state index contributed by atoms with van der Waals surface area (Å²) in [7, 11) is -1.53. The van der Waals surface area contributed by atoms with E-state index >= 15 is 0 Å². The second kappa shape index (κ2) is 5.07. The Kier molecular flexibility index (Phi) is 3.84. The van der Waals surface area contributed by atoms with E-state index in [-0.39, 0.29) is 17.4 Å². The van der Waals surface area contributed by atoms with E-state index in [4.69, 9.17) is 16.3 Å². The molecule has 6 heteroatoms. The standard InChI is InChI=1S/C12H15ClO4S/c1-17-10-4-2-3-9(13)11(10)12(14)8-5-6-18(15,16)7-8/h2-4,8,12,14H,5-7H2,1H3. The van der Waals surface area contributed by atoms with Gasteiger partial charge in [0, 0.05) is 11.5 Å². The second-order valence-corrected chi connectivity index (χ2v) is 7.10. The maximum atomic E-state index is 11.4. The molecule has 1 aromatic carbocycles. The van der Waals surface area contributed by atoms with Gasteiger partial charge in [0.05, 0.1) is 29.7 Å². The number of sulfone groups is 1. The number of aliphatic hydroxyl groups excluding tert-OH is 1. The van der Waals surface area contributed by atoms with Gasteiger partial charge in [0.25, 0.3) is 0 Å². The first kappa shape index (κ1) is 13.6. The van der Waals surface area contributed by atoms with Crippen LogP contribution in [0, 0.1) is 5.92 Å². The number of aliphatic hydroxyl groups is 1. The van der Waals surface area contributed by atoms with Crippen molar-refractivity contribution in [3.63, 3.8) is 0 Å². The molecule has 0 spiro atoms. The Morgan fingerprint density at radius 1 is 1.50 bits per heavy atom. The molecule has 18 heavy (non-hydrogen) atoms. The highest BCUT2D eigenvalue weighted by Crippen LogP contribution is 2.39. The number of hydrogen-bond acceptors (Lipinski definition) is 4. The van der Waals surface area contributed by atoms with E-state index in [0.29, 0.717) is 22.8 Å². The molecule has 0 aliphatic carbocycles. The Labute approximate surface area is 111 Å². The molecule has 0 radical (unpaired) electrons. The lowest BCUT2D eigenvalue weighted by atomic mass is 9.94. The molecule has 1 aromatic rings. The second-order valence-electron chi connectivity index (χ2n) is 4.46. The zero-order chi connectivity index (χ0) is 13.3. The zero-order valence-electron chi connectivity index (χ0n) is 9.97. The summed E-state index contributed by atoms with van der Waals surface area (Å²) < 4.78 is 28.0. The monoisotopic (exact) mass is 290 g/mol. The van der Waals surface area contributed by atoms with E-state index in [0.717, 1.165) is 0 Å². The molecule has 2 unspecified atom stereocenters. The summed E-state index contributed by atoms with van der Waals surface area (Å²) in [6.45, 7) is 0. The van der Waals surface area contributed by atoms with Crippen molar-refractivity contribution in [2.75, 3.05) is 18.6 Å². The summed E-state index contributed by atoms with van der Waals surface area (Å²) >= 11 is 6.06. The molecule has 1 aliphatic rings. The molecule has 1 N–H and O–H groups in total. The third-order valence-electron chi connectivity index (χ3n) is 3.24. The Balaban J connectivity index is 2.32. The summed E-state index contributed by atoms with van der Waals surface area (Å²) in [5.41, 5.74) is 0.476. The van der Waals surface area contributed by atoms with Crippen LogP contribution in [0.25, 0.3) is 0 Å². The van der Waals surface area contributed by atoms with E-state index in [1.165, 1.54) is 7.11 Å². The molecule has 2 rings (SSSR count). The van der Waals surface area contributed by atoms with Gasteiger partial charge in [-0.1, -0.05) is 17.7 Å². The van der Waals surface area contributed by atoms with E-state index in [1.54, 1.807) is 18.2 Å². The lowest BCUT2D eigenvalue weighted by molar-refractivity contribution is 0.118. The molecule has 0 amide bonds. The molecular weight excluding hydrogens is 276 g/mol. The predicted octanol–water partition coefficient (Wildman–Crippen LogP) is 1.82. The highest BCUT2D eigenvalue weighted by Gasteiger charge is 2.35. The first-order valence-electron chi connectivity index (χ1n) is 5.65. The number of halogens is 1. The Hall–Kier alpha value is -0.780. The summed E-state index contributed by atoms with van der Waals surface area (Å²) in [5, 5.41) is 10.7. The fourth-order valence-corrected chi connectivity index (χ4v) is 4.40. The van der Waals surface area contributed by atoms with Gasteiger partial charge in [0.15, 0.2) is 9.84 Å². The third-order valence-corrected chi connectivity index (χ3v) is 5.37. The molecule has 1 saturated heterocycles. The molecule has 0 saturated carbocycles. The lowest BCUT2D eigenvalue weighted by Crippen LogP contribution is -2.15. The molecule has 1 heterocycles. The smallest absolute Gasteiger partial charge is 0.150 e. The van der Waals surface area contributed by atoms with Crippen LogP contribution in [-0.2, 0) is 9.84 Å². The van der Waals surface area contributed by atoms with Crippen LogP contribution in [0.1, 0.15) is 18.1 Å². The van der Waals surface area contributed by atoms with Crippen LogP contribution in [0.2, 0.25) is 5.02 Å². The van der Waals surface area contributed by atoms with Gasteiger partial charge in [-0.25, -0.2) is 8.42 Å². The van der Waals surface area contributed by atoms with Crippen LogP contribution in [0.3, 0.4) is 0 Å². The van der Waals surface area contributed by atoms with Crippen molar-refractivity contribution in [3.8, 4) is 5.75 Å². The van der Waals surface area contributed by atoms with Crippen molar-refractivity contribution in [2.45, 2.75) is 12.5 Å². The summed E-state index contributed by atoms with van der Waals surface area (Å²) in [4.78, 5) is 0. The van der Waals surface area contributed by atoms with E-state index in [2.05, 4.69) is 0 Å². The van der Waals surface area contributed by atoms with Crippen LogP contribution >= 0.6 is 11.6 Å². The average Bonchev–Trinajstić information content (AvgIpc) is 2.68. The number of methoxy groups -OCH3 is 1. The van der Waals surface area contributed by atoms with Gasteiger partial charge in [-0.2, -0.15) is 0 Å². The normalized spacial score (nSPS) is 23.8. The van der Waals surface area contributed by atoms with E-state index < -0.39 is 15.9 Å². The quantitative estimate of drug-likeness (QED) is 0.922. The Bertz CT molecular complexity index is 541. The molecule has 4 nitrogen and oxygen atoms in total. The molecule has 1 aliphatic heterocycles. The minimum Gasteiger partial charge on any atom is -0.496 e. The zero-order valence-corrected chi connectivity index (χ0v) is 11.5. The topological polar surface area (TPSA) is 63.6 Å². The van der Waals surface area contributed by atoms with Crippen LogP contribution in [0.15, 0.2) is 18.2 Å². The van der Waals surface area contributed by atoms with E-state index in [9.17, 15) is 13.5 Å². The first-order chi connectivity index (χ1) is 8.44. The summed E-state index contributed by atoms with van der Waals surface area (Å²) in [6.07, 6.45) is -0.455. The number of rotatable bonds is 3.